The molecule has 0 spiro atoms. The van der Waals surface area contributed by atoms with Crippen LogP contribution in [-0.2, 0) is 20.6 Å². The Morgan fingerprint density at radius 3 is 2.52 bits per heavy atom. The van der Waals surface area contributed by atoms with Gasteiger partial charge in [0, 0.05) is 19.8 Å². The number of anilines is 1. The molecule has 0 saturated heterocycles. The van der Waals surface area contributed by atoms with Crippen LogP contribution in [0.3, 0.4) is 0 Å². The normalized spacial score (nSPS) is 11.6. The summed E-state index contributed by atoms with van der Waals surface area (Å²) in [5.41, 5.74) is 3.43. The number of sulfonamides is 1. The highest BCUT2D eigenvalue weighted by Crippen LogP contribution is 2.27. The number of hydrogen-bond donors (Lipinski definition) is 1. The Balaban J connectivity index is 1.96. The molecule has 8 heteroatoms. The fourth-order valence-corrected chi connectivity index (χ4v) is 4.63. The van der Waals surface area contributed by atoms with Gasteiger partial charge in [0.25, 0.3) is 0 Å². The van der Waals surface area contributed by atoms with E-state index in [1.165, 1.54) is 30.2 Å². The van der Waals surface area contributed by atoms with Gasteiger partial charge in [-0.2, -0.15) is 0 Å². The summed E-state index contributed by atoms with van der Waals surface area (Å²) < 4.78 is 25.6. The number of amides is 1. The van der Waals surface area contributed by atoms with E-state index < -0.39 is 10.0 Å². The highest BCUT2D eigenvalue weighted by molar-refractivity contribution is 7.99. The summed E-state index contributed by atoms with van der Waals surface area (Å²) in [5.74, 6) is 0.630. The molecule has 0 heterocycles. The summed E-state index contributed by atoms with van der Waals surface area (Å²) in [4.78, 5) is 12.5. The molecule has 0 radical (unpaired) electrons. The molecular weight excluding hydrogens is 404 g/mol. The number of hydrogen-bond acceptors (Lipinski definition) is 4. The predicted octanol–water partition coefficient (Wildman–Crippen LogP) is 4.08. The first-order chi connectivity index (χ1) is 12.6. The lowest BCUT2D eigenvalue weighted by atomic mass is 10.1. The van der Waals surface area contributed by atoms with Crippen LogP contribution < -0.4 is 5.32 Å². The number of carbonyl (C=O) groups excluding carboxylic acids is 1. The van der Waals surface area contributed by atoms with Gasteiger partial charge in [-0.3, -0.25) is 4.79 Å². The van der Waals surface area contributed by atoms with E-state index in [2.05, 4.69) is 5.32 Å². The van der Waals surface area contributed by atoms with Crippen molar-refractivity contribution >= 4 is 45.0 Å². The molecule has 0 aliphatic heterocycles. The van der Waals surface area contributed by atoms with E-state index in [1.807, 2.05) is 32.0 Å². The number of benzene rings is 2. The maximum Gasteiger partial charge on any atom is 0.242 e. The second-order valence-electron chi connectivity index (χ2n) is 6.41. The lowest BCUT2D eigenvalue weighted by molar-refractivity contribution is -0.113. The van der Waals surface area contributed by atoms with Crippen molar-refractivity contribution < 1.29 is 13.2 Å². The van der Waals surface area contributed by atoms with Gasteiger partial charge >= 0.3 is 0 Å². The van der Waals surface area contributed by atoms with E-state index in [1.54, 1.807) is 18.2 Å². The van der Waals surface area contributed by atoms with Crippen LogP contribution >= 0.6 is 23.4 Å². The first-order valence-electron chi connectivity index (χ1n) is 8.27. The van der Waals surface area contributed by atoms with Crippen molar-refractivity contribution in [1.82, 2.24) is 4.31 Å². The first kappa shape index (κ1) is 21.8. The lowest BCUT2D eigenvalue weighted by Crippen LogP contribution is -2.22. The van der Waals surface area contributed by atoms with Crippen LogP contribution in [-0.4, -0.2) is 38.5 Å². The Bertz CT molecular complexity index is 921. The smallest absolute Gasteiger partial charge is 0.242 e. The molecule has 0 unspecified atom stereocenters. The van der Waals surface area contributed by atoms with E-state index in [0.717, 1.165) is 16.7 Å². The molecule has 0 aliphatic carbocycles. The van der Waals surface area contributed by atoms with Crippen LogP contribution in [0.15, 0.2) is 41.3 Å². The molecule has 2 rings (SSSR count). The summed E-state index contributed by atoms with van der Waals surface area (Å²) in [6.45, 7) is 3.85. The van der Waals surface area contributed by atoms with E-state index in [9.17, 15) is 13.2 Å². The van der Waals surface area contributed by atoms with E-state index in [4.69, 9.17) is 11.6 Å². The highest BCUT2D eigenvalue weighted by atomic mass is 35.5. The van der Waals surface area contributed by atoms with Gasteiger partial charge in [0.15, 0.2) is 0 Å². The second kappa shape index (κ2) is 9.10. The summed E-state index contributed by atoms with van der Waals surface area (Å²) in [5, 5.41) is 3.37. The number of nitrogens with zero attached hydrogens (tertiary/aromatic N) is 1. The van der Waals surface area contributed by atoms with Crippen LogP contribution in [0.1, 0.15) is 16.7 Å². The Labute approximate surface area is 170 Å². The SMILES string of the molecule is Cc1cc(C)c(NC(=O)CSCc2cccc(S(=O)(=O)N(C)C)c2)c(Cl)c1. The van der Waals surface area contributed by atoms with E-state index in [0.29, 0.717) is 16.5 Å². The summed E-state index contributed by atoms with van der Waals surface area (Å²) in [7, 11) is -0.466. The Hall–Kier alpha value is -1.54. The summed E-state index contributed by atoms with van der Waals surface area (Å²) in [6, 6.07) is 10.5. The third-order valence-corrected chi connectivity index (χ3v) is 6.99. The fraction of sp³-hybridized carbons (Fsp3) is 0.316. The van der Waals surface area contributed by atoms with Crippen molar-refractivity contribution in [1.29, 1.82) is 0 Å². The van der Waals surface area contributed by atoms with E-state index in [-0.39, 0.29) is 16.6 Å². The molecule has 146 valence electrons. The molecule has 27 heavy (non-hydrogen) atoms. The molecule has 0 atom stereocenters. The van der Waals surface area contributed by atoms with Gasteiger partial charge in [0.1, 0.15) is 0 Å². The van der Waals surface area contributed by atoms with Gasteiger partial charge in [-0.15, -0.1) is 11.8 Å². The number of rotatable bonds is 7. The fourth-order valence-electron chi connectivity index (χ4n) is 2.52. The van der Waals surface area contributed by atoms with Crippen molar-refractivity contribution in [3.8, 4) is 0 Å². The average molecular weight is 427 g/mol. The minimum absolute atomic E-state index is 0.147. The molecule has 0 aromatic heterocycles. The zero-order valence-corrected chi connectivity index (χ0v) is 18.1. The second-order valence-corrected chi connectivity index (χ2v) is 9.96. The molecular formula is C19H23ClN2O3S2. The van der Waals surface area contributed by atoms with Crippen molar-refractivity contribution in [2.75, 3.05) is 25.2 Å². The zero-order chi connectivity index (χ0) is 20.2. The minimum Gasteiger partial charge on any atom is -0.324 e. The zero-order valence-electron chi connectivity index (χ0n) is 15.7. The van der Waals surface area contributed by atoms with Crippen LogP contribution in [0.5, 0.6) is 0 Å². The molecule has 2 aromatic carbocycles. The van der Waals surface area contributed by atoms with Crippen molar-refractivity contribution in [2.24, 2.45) is 0 Å². The predicted molar refractivity (Wildman–Crippen MR) is 113 cm³/mol. The topological polar surface area (TPSA) is 66.5 Å². The maximum absolute atomic E-state index is 12.2. The number of nitrogens with one attached hydrogen (secondary N) is 1. The Morgan fingerprint density at radius 1 is 1.19 bits per heavy atom. The van der Waals surface area contributed by atoms with Gasteiger partial charge in [0.05, 0.1) is 21.4 Å². The standard InChI is InChI=1S/C19H23ClN2O3S2/c1-13-8-14(2)19(17(20)9-13)21-18(23)12-26-11-15-6-5-7-16(10-15)27(24,25)22(3)4/h5-10H,11-12H2,1-4H3,(H,21,23). The minimum atomic E-state index is -3.46. The van der Waals surface area contributed by atoms with Crippen LogP contribution in [0.2, 0.25) is 5.02 Å². The lowest BCUT2D eigenvalue weighted by Gasteiger charge is -2.13. The molecule has 1 amide bonds. The largest absolute Gasteiger partial charge is 0.324 e. The highest BCUT2D eigenvalue weighted by Gasteiger charge is 2.17. The number of carbonyl (C=O) groups is 1. The molecule has 0 fully saturated rings. The van der Waals surface area contributed by atoms with E-state index >= 15 is 0 Å². The summed E-state index contributed by atoms with van der Waals surface area (Å²) in [6.07, 6.45) is 0. The molecule has 0 aliphatic rings. The van der Waals surface area contributed by atoms with Crippen molar-refractivity contribution in [3.63, 3.8) is 0 Å². The van der Waals surface area contributed by atoms with Crippen molar-refractivity contribution in [2.45, 2.75) is 24.5 Å². The monoisotopic (exact) mass is 426 g/mol. The molecule has 0 saturated carbocycles. The van der Waals surface area contributed by atoms with Crippen molar-refractivity contribution in [3.05, 3.63) is 58.1 Å². The van der Waals surface area contributed by atoms with Gasteiger partial charge in [-0.05, 0) is 48.7 Å². The molecule has 1 N–H and O–H groups in total. The molecule has 5 nitrogen and oxygen atoms in total. The van der Waals surface area contributed by atoms with Crippen LogP contribution in [0.4, 0.5) is 5.69 Å². The Morgan fingerprint density at radius 2 is 1.89 bits per heavy atom. The summed E-state index contributed by atoms with van der Waals surface area (Å²) >= 11 is 7.62. The number of halogens is 1. The maximum atomic E-state index is 12.2. The Kier molecular flexibility index (Phi) is 7.33. The van der Waals surface area contributed by atoms with Gasteiger partial charge in [-0.1, -0.05) is 29.8 Å². The molecule has 0 bridgehead atoms. The van der Waals surface area contributed by atoms with Crippen LogP contribution in [0, 0.1) is 13.8 Å². The third-order valence-electron chi connectivity index (χ3n) is 3.88. The number of aryl methyl sites for hydroxylation is 2. The van der Waals surface area contributed by atoms with Gasteiger partial charge in [0.2, 0.25) is 15.9 Å². The first-order valence-corrected chi connectivity index (χ1v) is 11.2. The average Bonchev–Trinajstić information content (AvgIpc) is 2.58. The van der Waals surface area contributed by atoms with Gasteiger partial charge < -0.3 is 5.32 Å². The third kappa shape index (κ3) is 5.72. The quantitative estimate of drug-likeness (QED) is 0.724. The van der Waals surface area contributed by atoms with Crippen LogP contribution in [0.25, 0.3) is 0 Å². The molecule has 2 aromatic rings. The number of thioether (sulfide) groups is 1. The van der Waals surface area contributed by atoms with Gasteiger partial charge in [-0.25, -0.2) is 12.7 Å².